The molecule has 5 nitrogen and oxygen atoms in total. The summed E-state index contributed by atoms with van der Waals surface area (Å²) in [6, 6.07) is 1.78. The molecule has 1 N–H and O–H groups in total. The summed E-state index contributed by atoms with van der Waals surface area (Å²) in [5.41, 5.74) is 2.15. The summed E-state index contributed by atoms with van der Waals surface area (Å²) in [6.07, 6.45) is 3.60. The molecular weight excluding hydrogens is 226 g/mol. The molecule has 0 fully saturated rings. The molecule has 0 bridgehead atoms. The molecule has 0 spiro atoms. The zero-order valence-electron chi connectivity index (χ0n) is 9.11. The van der Waals surface area contributed by atoms with Crippen molar-refractivity contribution in [2.24, 2.45) is 7.05 Å². The topological polar surface area (TPSA) is 55.6 Å². The third-order valence-corrected chi connectivity index (χ3v) is 2.38. The monoisotopic (exact) mass is 237 g/mol. The van der Waals surface area contributed by atoms with E-state index in [1.165, 1.54) is 0 Å². The van der Waals surface area contributed by atoms with Crippen LogP contribution in [-0.4, -0.2) is 19.7 Å². The van der Waals surface area contributed by atoms with Gasteiger partial charge < -0.3 is 5.32 Å². The number of anilines is 1. The molecule has 0 aromatic carbocycles. The van der Waals surface area contributed by atoms with Crippen LogP contribution in [0, 0.1) is 6.92 Å². The lowest BCUT2D eigenvalue weighted by atomic mass is 10.2. The van der Waals surface area contributed by atoms with Gasteiger partial charge in [0.05, 0.1) is 5.69 Å². The fraction of sp³-hybridized carbons (Fsp3) is 0.300. The summed E-state index contributed by atoms with van der Waals surface area (Å²) >= 11 is 5.68. The van der Waals surface area contributed by atoms with Crippen molar-refractivity contribution in [3.8, 4) is 0 Å². The van der Waals surface area contributed by atoms with E-state index in [0.717, 1.165) is 11.3 Å². The number of halogens is 1. The van der Waals surface area contributed by atoms with Gasteiger partial charge in [0.15, 0.2) is 0 Å². The average molecular weight is 238 g/mol. The van der Waals surface area contributed by atoms with Gasteiger partial charge in [0.2, 0.25) is 5.28 Å². The molecule has 0 saturated carbocycles. The number of hydrogen-bond acceptors (Lipinski definition) is 4. The maximum Gasteiger partial charge on any atom is 0.224 e. The minimum absolute atomic E-state index is 0.243. The van der Waals surface area contributed by atoms with E-state index < -0.39 is 0 Å². The molecule has 0 amide bonds. The zero-order valence-corrected chi connectivity index (χ0v) is 9.86. The molecule has 2 rings (SSSR count). The molecular formula is C10H12ClN5. The van der Waals surface area contributed by atoms with Crippen molar-refractivity contribution in [1.82, 2.24) is 19.7 Å². The van der Waals surface area contributed by atoms with Crippen LogP contribution in [0.1, 0.15) is 11.3 Å². The Morgan fingerprint density at radius 1 is 1.50 bits per heavy atom. The zero-order chi connectivity index (χ0) is 11.5. The molecule has 0 aliphatic carbocycles. The lowest BCUT2D eigenvalue weighted by Crippen LogP contribution is -2.02. The molecule has 0 saturated heterocycles. The predicted octanol–water partition coefficient (Wildman–Crippen LogP) is 1.78. The largest absolute Gasteiger partial charge is 0.366 e. The van der Waals surface area contributed by atoms with Gasteiger partial charge in [-0.25, -0.2) is 9.97 Å². The molecule has 0 atom stereocenters. The van der Waals surface area contributed by atoms with Crippen molar-refractivity contribution in [2.45, 2.75) is 13.5 Å². The first kappa shape index (κ1) is 10.9. The standard InChI is InChI=1S/C10H12ClN5/c1-7-8(6-16(2)15-7)5-13-9-3-4-12-10(11)14-9/h3-4,6H,5H2,1-2H3,(H,12,13,14). The lowest BCUT2D eigenvalue weighted by molar-refractivity contribution is 0.756. The second-order valence-corrected chi connectivity index (χ2v) is 3.82. The van der Waals surface area contributed by atoms with Gasteiger partial charge in [-0.1, -0.05) is 0 Å². The number of aromatic nitrogens is 4. The van der Waals surface area contributed by atoms with E-state index in [1.807, 2.05) is 20.2 Å². The molecule has 0 aliphatic heterocycles. The minimum Gasteiger partial charge on any atom is -0.366 e. The van der Waals surface area contributed by atoms with Crippen LogP contribution < -0.4 is 5.32 Å². The van der Waals surface area contributed by atoms with Gasteiger partial charge in [0.1, 0.15) is 5.82 Å². The highest BCUT2D eigenvalue weighted by Crippen LogP contribution is 2.10. The Morgan fingerprint density at radius 2 is 2.31 bits per heavy atom. The van der Waals surface area contributed by atoms with Crippen LogP contribution in [-0.2, 0) is 13.6 Å². The molecule has 6 heteroatoms. The molecule has 16 heavy (non-hydrogen) atoms. The Labute approximate surface area is 98.5 Å². The van der Waals surface area contributed by atoms with Crippen molar-refractivity contribution in [3.05, 3.63) is 35.0 Å². The number of nitrogens with zero attached hydrogens (tertiary/aromatic N) is 4. The summed E-state index contributed by atoms with van der Waals surface area (Å²) in [5.74, 6) is 0.711. The van der Waals surface area contributed by atoms with E-state index in [-0.39, 0.29) is 5.28 Å². The van der Waals surface area contributed by atoms with Crippen LogP contribution in [0.3, 0.4) is 0 Å². The Kier molecular flexibility index (Phi) is 3.05. The maximum absolute atomic E-state index is 5.68. The Balaban J connectivity index is 2.05. The third kappa shape index (κ3) is 2.49. The summed E-state index contributed by atoms with van der Waals surface area (Å²) in [6.45, 7) is 2.65. The fourth-order valence-corrected chi connectivity index (χ4v) is 1.59. The van der Waals surface area contributed by atoms with Crippen molar-refractivity contribution in [1.29, 1.82) is 0 Å². The van der Waals surface area contributed by atoms with E-state index in [0.29, 0.717) is 12.4 Å². The van der Waals surface area contributed by atoms with Crippen molar-refractivity contribution in [2.75, 3.05) is 5.32 Å². The third-order valence-electron chi connectivity index (χ3n) is 2.20. The second kappa shape index (κ2) is 4.49. The van der Waals surface area contributed by atoms with Gasteiger partial charge in [-0.05, 0) is 24.6 Å². The first-order valence-electron chi connectivity index (χ1n) is 4.86. The van der Waals surface area contributed by atoms with Gasteiger partial charge in [-0.3, -0.25) is 4.68 Å². The Hall–Kier alpha value is -1.62. The smallest absolute Gasteiger partial charge is 0.224 e. The summed E-state index contributed by atoms with van der Waals surface area (Å²) < 4.78 is 1.79. The number of hydrogen-bond donors (Lipinski definition) is 1. The molecule has 0 aliphatic rings. The molecule has 2 aromatic heterocycles. The lowest BCUT2D eigenvalue weighted by Gasteiger charge is -2.03. The summed E-state index contributed by atoms with van der Waals surface area (Å²) in [4.78, 5) is 7.86. The number of nitrogens with one attached hydrogen (secondary N) is 1. The van der Waals surface area contributed by atoms with E-state index in [4.69, 9.17) is 11.6 Å². The molecule has 2 heterocycles. The highest BCUT2D eigenvalue weighted by Gasteiger charge is 2.03. The van der Waals surface area contributed by atoms with Gasteiger partial charge in [-0.15, -0.1) is 0 Å². The molecule has 0 radical (unpaired) electrons. The minimum atomic E-state index is 0.243. The van der Waals surface area contributed by atoms with Crippen LogP contribution in [0.15, 0.2) is 18.5 Å². The van der Waals surface area contributed by atoms with E-state index in [1.54, 1.807) is 16.9 Å². The van der Waals surface area contributed by atoms with Crippen LogP contribution in [0.2, 0.25) is 5.28 Å². The average Bonchev–Trinajstić information content (AvgIpc) is 2.54. The molecule has 2 aromatic rings. The van der Waals surface area contributed by atoms with Crippen molar-refractivity contribution in [3.63, 3.8) is 0 Å². The van der Waals surface area contributed by atoms with Crippen molar-refractivity contribution < 1.29 is 0 Å². The predicted molar refractivity (Wildman–Crippen MR) is 62.3 cm³/mol. The van der Waals surface area contributed by atoms with E-state index in [9.17, 15) is 0 Å². The molecule has 84 valence electrons. The fourth-order valence-electron chi connectivity index (χ4n) is 1.44. The highest BCUT2D eigenvalue weighted by atomic mass is 35.5. The SMILES string of the molecule is Cc1nn(C)cc1CNc1ccnc(Cl)n1. The maximum atomic E-state index is 5.68. The quantitative estimate of drug-likeness (QED) is 0.827. The second-order valence-electron chi connectivity index (χ2n) is 3.48. The number of rotatable bonds is 3. The van der Waals surface area contributed by atoms with Crippen LogP contribution in [0.4, 0.5) is 5.82 Å². The Bertz CT molecular complexity index is 494. The van der Waals surface area contributed by atoms with Crippen molar-refractivity contribution >= 4 is 17.4 Å². The summed E-state index contributed by atoms with van der Waals surface area (Å²) in [7, 11) is 1.90. The van der Waals surface area contributed by atoms with Gasteiger partial charge in [0, 0.05) is 31.5 Å². The first-order valence-corrected chi connectivity index (χ1v) is 5.24. The van der Waals surface area contributed by atoms with E-state index in [2.05, 4.69) is 20.4 Å². The van der Waals surface area contributed by atoms with Gasteiger partial charge in [-0.2, -0.15) is 5.10 Å². The molecule has 0 unspecified atom stereocenters. The highest BCUT2D eigenvalue weighted by molar-refractivity contribution is 6.28. The Morgan fingerprint density at radius 3 is 2.94 bits per heavy atom. The van der Waals surface area contributed by atoms with E-state index >= 15 is 0 Å². The van der Waals surface area contributed by atoms with Crippen LogP contribution >= 0.6 is 11.6 Å². The van der Waals surface area contributed by atoms with Gasteiger partial charge in [0.25, 0.3) is 0 Å². The first-order chi connectivity index (χ1) is 7.65. The van der Waals surface area contributed by atoms with Gasteiger partial charge >= 0.3 is 0 Å². The normalized spacial score (nSPS) is 10.4. The number of aryl methyl sites for hydroxylation is 2. The van der Waals surface area contributed by atoms with Crippen LogP contribution in [0.5, 0.6) is 0 Å². The summed E-state index contributed by atoms with van der Waals surface area (Å²) in [5, 5.41) is 7.67. The van der Waals surface area contributed by atoms with Crippen LogP contribution in [0.25, 0.3) is 0 Å².